The van der Waals surface area contributed by atoms with Crippen LogP contribution in [0.2, 0.25) is 0 Å². The van der Waals surface area contributed by atoms with E-state index in [0.29, 0.717) is 0 Å². The molecule has 1 aliphatic carbocycles. The highest BCUT2D eigenvalue weighted by Crippen LogP contribution is 2.24. The molecule has 0 bridgehead atoms. The van der Waals surface area contributed by atoms with Gasteiger partial charge in [-0.05, 0) is 26.7 Å². The van der Waals surface area contributed by atoms with Crippen LogP contribution < -0.4 is 10.6 Å². The summed E-state index contributed by atoms with van der Waals surface area (Å²) in [6, 6.07) is 0.113. The molecule has 0 saturated heterocycles. The minimum atomic E-state index is -0.268. The molecule has 0 radical (unpaired) electrons. The van der Waals surface area contributed by atoms with Crippen LogP contribution in [-0.4, -0.2) is 33.8 Å². The first kappa shape index (κ1) is 13.1. The number of rotatable bonds is 4. The van der Waals surface area contributed by atoms with Gasteiger partial charge in [-0.25, -0.2) is 9.97 Å². The molecule has 0 aromatic carbocycles. The molecule has 1 saturated carbocycles. The van der Waals surface area contributed by atoms with Gasteiger partial charge in [0.05, 0.1) is 12.1 Å². The maximum Gasteiger partial charge on any atom is 0.134 e. The van der Waals surface area contributed by atoms with Gasteiger partial charge in [0.25, 0.3) is 0 Å². The van der Waals surface area contributed by atoms with E-state index in [0.717, 1.165) is 43.0 Å². The summed E-state index contributed by atoms with van der Waals surface area (Å²) in [6.07, 6.45) is 5.45. The third-order valence-corrected chi connectivity index (χ3v) is 3.48. The zero-order chi connectivity index (χ0) is 13.0. The molecule has 1 heterocycles. The fourth-order valence-electron chi connectivity index (χ4n) is 2.40. The predicted octanol–water partition coefficient (Wildman–Crippen LogP) is 1.93. The normalized spacial score (nSPS) is 23.7. The van der Waals surface area contributed by atoms with Gasteiger partial charge in [-0.1, -0.05) is 12.8 Å². The van der Waals surface area contributed by atoms with Gasteiger partial charge < -0.3 is 15.7 Å². The number of hydrogen-bond acceptors (Lipinski definition) is 5. The van der Waals surface area contributed by atoms with E-state index in [4.69, 9.17) is 0 Å². The molecule has 1 aromatic rings. The molecule has 100 valence electrons. The summed E-state index contributed by atoms with van der Waals surface area (Å²) in [5, 5.41) is 16.5. The highest BCUT2D eigenvalue weighted by Gasteiger charge is 2.23. The van der Waals surface area contributed by atoms with Gasteiger partial charge in [-0.15, -0.1) is 0 Å². The van der Waals surface area contributed by atoms with Crippen molar-refractivity contribution < 1.29 is 5.11 Å². The van der Waals surface area contributed by atoms with E-state index < -0.39 is 0 Å². The van der Waals surface area contributed by atoms with Gasteiger partial charge in [0, 0.05) is 12.1 Å². The standard InChI is InChI=1S/C13H22N4O/c1-3-14-12-9(2)13(16-8-15-12)17-10-6-4-5-7-11(10)18/h8,10-11,18H,3-7H2,1-2H3,(H2,14,15,16,17). The topological polar surface area (TPSA) is 70.1 Å². The summed E-state index contributed by atoms with van der Waals surface area (Å²) in [5.74, 6) is 1.69. The zero-order valence-corrected chi connectivity index (χ0v) is 11.1. The Bertz CT molecular complexity index is 397. The Morgan fingerprint density at radius 1 is 1.28 bits per heavy atom. The van der Waals surface area contributed by atoms with E-state index in [-0.39, 0.29) is 12.1 Å². The van der Waals surface area contributed by atoms with Crippen LogP contribution in [0, 0.1) is 6.92 Å². The molecule has 2 rings (SSSR count). The van der Waals surface area contributed by atoms with E-state index in [9.17, 15) is 5.11 Å². The third kappa shape index (κ3) is 2.90. The SMILES string of the molecule is CCNc1ncnc(NC2CCCCC2O)c1C. The second-order valence-corrected chi connectivity index (χ2v) is 4.83. The smallest absolute Gasteiger partial charge is 0.134 e. The second-order valence-electron chi connectivity index (χ2n) is 4.83. The van der Waals surface area contributed by atoms with E-state index in [2.05, 4.69) is 20.6 Å². The number of nitrogens with zero attached hydrogens (tertiary/aromatic N) is 2. The number of aliphatic hydroxyl groups excluding tert-OH is 1. The van der Waals surface area contributed by atoms with E-state index >= 15 is 0 Å². The lowest BCUT2D eigenvalue weighted by Crippen LogP contribution is -2.36. The van der Waals surface area contributed by atoms with Gasteiger partial charge in [0.15, 0.2) is 0 Å². The fourth-order valence-corrected chi connectivity index (χ4v) is 2.40. The van der Waals surface area contributed by atoms with Crippen molar-refractivity contribution in [3.05, 3.63) is 11.9 Å². The Hall–Kier alpha value is -1.36. The Morgan fingerprint density at radius 3 is 2.72 bits per heavy atom. The average Bonchev–Trinajstić information content (AvgIpc) is 2.37. The number of anilines is 2. The van der Waals surface area contributed by atoms with Crippen molar-refractivity contribution >= 4 is 11.6 Å². The molecule has 2 atom stereocenters. The fraction of sp³-hybridized carbons (Fsp3) is 0.692. The van der Waals surface area contributed by atoms with Gasteiger partial charge in [0.2, 0.25) is 0 Å². The lowest BCUT2D eigenvalue weighted by Gasteiger charge is -2.29. The van der Waals surface area contributed by atoms with Crippen LogP contribution in [0.5, 0.6) is 0 Å². The summed E-state index contributed by atoms with van der Waals surface area (Å²) in [4.78, 5) is 8.49. The second kappa shape index (κ2) is 6.00. The Labute approximate surface area is 108 Å². The first-order valence-corrected chi connectivity index (χ1v) is 6.72. The maximum atomic E-state index is 9.97. The van der Waals surface area contributed by atoms with Crippen LogP contribution in [0.4, 0.5) is 11.6 Å². The highest BCUT2D eigenvalue weighted by atomic mass is 16.3. The monoisotopic (exact) mass is 250 g/mol. The molecule has 1 aromatic heterocycles. The molecule has 2 unspecified atom stereocenters. The van der Waals surface area contributed by atoms with Crippen LogP contribution in [0.1, 0.15) is 38.2 Å². The van der Waals surface area contributed by atoms with Crippen molar-refractivity contribution in [1.82, 2.24) is 9.97 Å². The number of aromatic nitrogens is 2. The molecule has 0 aliphatic heterocycles. The quantitative estimate of drug-likeness (QED) is 0.761. The predicted molar refractivity (Wildman–Crippen MR) is 72.8 cm³/mol. The first-order valence-electron chi connectivity index (χ1n) is 6.72. The highest BCUT2D eigenvalue weighted by molar-refractivity contribution is 5.56. The van der Waals surface area contributed by atoms with Crippen molar-refractivity contribution in [2.45, 2.75) is 51.7 Å². The molecule has 0 spiro atoms. The van der Waals surface area contributed by atoms with Gasteiger partial charge >= 0.3 is 0 Å². The lowest BCUT2D eigenvalue weighted by atomic mass is 9.92. The Kier molecular flexibility index (Phi) is 4.36. The molecular formula is C13H22N4O. The van der Waals surface area contributed by atoms with Crippen LogP contribution in [0.25, 0.3) is 0 Å². The van der Waals surface area contributed by atoms with Crippen LogP contribution in [-0.2, 0) is 0 Å². The Balaban J connectivity index is 2.10. The van der Waals surface area contributed by atoms with Gasteiger partial charge in [-0.2, -0.15) is 0 Å². The van der Waals surface area contributed by atoms with Crippen molar-refractivity contribution in [3.8, 4) is 0 Å². The molecule has 1 aliphatic rings. The average molecular weight is 250 g/mol. The van der Waals surface area contributed by atoms with Crippen LogP contribution in [0.3, 0.4) is 0 Å². The maximum absolute atomic E-state index is 9.97. The van der Waals surface area contributed by atoms with E-state index in [1.54, 1.807) is 6.33 Å². The molecule has 5 heteroatoms. The largest absolute Gasteiger partial charge is 0.391 e. The number of hydrogen-bond donors (Lipinski definition) is 3. The first-order chi connectivity index (χ1) is 8.72. The molecule has 5 nitrogen and oxygen atoms in total. The van der Waals surface area contributed by atoms with Gasteiger partial charge in [-0.3, -0.25) is 0 Å². The molecule has 0 amide bonds. The minimum Gasteiger partial charge on any atom is -0.391 e. The van der Waals surface area contributed by atoms with Crippen molar-refractivity contribution in [1.29, 1.82) is 0 Å². The lowest BCUT2D eigenvalue weighted by molar-refractivity contribution is 0.116. The molecule has 18 heavy (non-hydrogen) atoms. The summed E-state index contributed by atoms with van der Waals surface area (Å²) in [5.41, 5.74) is 1.01. The minimum absolute atomic E-state index is 0.113. The number of nitrogens with one attached hydrogen (secondary N) is 2. The van der Waals surface area contributed by atoms with Crippen molar-refractivity contribution in [2.75, 3.05) is 17.2 Å². The van der Waals surface area contributed by atoms with E-state index in [1.807, 2.05) is 13.8 Å². The Morgan fingerprint density at radius 2 is 2.00 bits per heavy atom. The molecular weight excluding hydrogens is 228 g/mol. The molecule has 1 fully saturated rings. The van der Waals surface area contributed by atoms with Crippen LogP contribution >= 0.6 is 0 Å². The third-order valence-electron chi connectivity index (χ3n) is 3.48. The zero-order valence-electron chi connectivity index (χ0n) is 11.1. The van der Waals surface area contributed by atoms with Gasteiger partial charge in [0.1, 0.15) is 18.0 Å². The number of aliphatic hydroxyl groups is 1. The van der Waals surface area contributed by atoms with E-state index in [1.165, 1.54) is 6.42 Å². The summed E-state index contributed by atoms with van der Waals surface area (Å²) >= 11 is 0. The summed E-state index contributed by atoms with van der Waals surface area (Å²) < 4.78 is 0. The van der Waals surface area contributed by atoms with Crippen molar-refractivity contribution in [2.24, 2.45) is 0 Å². The molecule has 3 N–H and O–H groups in total. The van der Waals surface area contributed by atoms with Crippen molar-refractivity contribution in [3.63, 3.8) is 0 Å². The summed E-state index contributed by atoms with van der Waals surface area (Å²) in [6.45, 7) is 4.87. The summed E-state index contributed by atoms with van der Waals surface area (Å²) in [7, 11) is 0. The van der Waals surface area contributed by atoms with Crippen LogP contribution in [0.15, 0.2) is 6.33 Å².